The van der Waals surface area contributed by atoms with Gasteiger partial charge in [-0.25, -0.2) is 9.78 Å². The van der Waals surface area contributed by atoms with Gasteiger partial charge in [0.25, 0.3) is 5.91 Å². The second-order valence-electron chi connectivity index (χ2n) is 6.87. The predicted octanol–water partition coefficient (Wildman–Crippen LogP) is 3.57. The molecule has 1 aliphatic carbocycles. The van der Waals surface area contributed by atoms with Crippen molar-refractivity contribution in [3.8, 4) is 11.5 Å². The van der Waals surface area contributed by atoms with Gasteiger partial charge in [-0.2, -0.15) is 0 Å². The van der Waals surface area contributed by atoms with Crippen LogP contribution < -0.4 is 0 Å². The summed E-state index contributed by atoms with van der Waals surface area (Å²) in [6.07, 6.45) is 6.03. The van der Waals surface area contributed by atoms with Crippen LogP contribution in [-0.2, 0) is 4.79 Å². The molecule has 0 radical (unpaired) electrons. The topological polar surface area (TPSA) is 83.6 Å². The molecular formula is C18H20N2O4S. The zero-order chi connectivity index (χ0) is 17.6. The highest BCUT2D eigenvalue weighted by molar-refractivity contribution is 7.09. The van der Waals surface area contributed by atoms with E-state index in [4.69, 9.17) is 4.42 Å². The van der Waals surface area contributed by atoms with Crippen molar-refractivity contribution >= 4 is 23.2 Å². The Morgan fingerprint density at radius 3 is 2.88 bits per heavy atom. The predicted molar refractivity (Wildman–Crippen MR) is 92.5 cm³/mol. The number of rotatable bonds is 3. The highest BCUT2D eigenvalue weighted by Gasteiger charge is 2.47. The van der Waals surface area contributed by atoms with Crippen molar-refractivity contribution in [3.05, 3.63) is 28.3 Å². The second kappa shape index (κ2) is 6.29. The van der Waals surface area contributed by atoms with Gasteiger partial charge in [0.1, 0.15) is 18.0 Å². The molecule has 2 fully saturated rings. The summed E-state index contributed by atoms with van der Waals surface area (Å²) in [5.41, 5.74) is 1.10. The molecule has 1 saturated heterocycles. The van der Waals surface area contributed by atoms with E-state index in [2.05, 4.69) is 4.98 Å². The van der Waals surface area contributed by atoms with Crippen LogP contribution in [0.5, 0.6) is 0 Å². The molecule has 1 amide bonds. The number of fused-ring (bicyclic) bond motifs is 1. The van der Waals surface area contributed by atoms with Crippen molar-refractivity contribution in [1.82, 2.24) is 9.88 Å². The first-order chi connectivity index (χ1) is 12.0. The van der Waals surface area contributed by atoms with Crippen molar-refractivity contribution in [2.24, 2.45) is 5.92 Å². The van der Waals surface area contributed by atoms with E-state index >= 15 is 0 Å². The normalized spacial score (nSPS) is 25.8. The molecule has 1 saturated carbocycles. The number of hydrogen-bond acceptors (Lipinski definition) is 5. The first-order valence-corrected chi connectivity index (χ1v) is 9.49. The number of thiazole rings is 1. The number of carbonyl (C=O) groups excluding carboxylic acids is 1. The molecule has 132 valence electrons. The molecule has 4 rings (SSSR count). The van der Waals surface area contributed by atoms with E-state index in [-0.39, 0.29) is 11.9 Å². The summed E-state index contributed by atoms with van der Waals surface area (Å²) in [6.45, 7) is 1.91. The lowest BCUT2D eigenvalue weighted by Crippen LogP contribution is -2.46. The van der Waals surface area contributed by atoms with Gasteiger partial charge in [-0.05, 0) is 38.2 Å². The minimum absolute atomic E-state index is 0.0298. The van der Waals surface area contributed by atoms with E-state index in [0.29, 0.717) is 29.4 Å². The largest absolute Gasteiger partial charge is 0.480 e. The Morgan fingerprint density at radius 1 is 1.36 bits per heavy atom. The summed E-state index contributed by atoms with van der Waals surface area (Å²) >= 11 is 1.52. The number of aryl methyl sites for hydroxylation is 1. The Hall–Kier alpha value is -2.15. The molecule has 1 aliphatic heterocycles. The van der Waals surface area contributed by atoms with Gasteiger partial charge >= 0.3 is 5.97 Å². The SMILES string of the molecule is Cc1nc(-c2cc(C(=O)N3[C@@H]4CCCC[C@H]4C[C@H]3C(=O)O)co2)cs1. The van der Waals surface area contributed by atoms with Gasteiger partial charge in [0.15, 0.2) is 5.76 Å². The van der Waals surface area contributed by atoms with Crippen molar-refractivity contribution in [3.63, 3.8) is 0 Å². The molecular weight excluding hydrogens is 340 g/mol. The maximum Gasteiger partial charge on any atom is 0.326 e. The molecule has 3 heterocycles. The van der Waals surface area contributed by atoms with Crippen LogP contribution >= 0.6 is 11.3 Å². The summed E-state index contributed by atoms with van der Waals surface area (Å²) < 4.78 is 5.53. The van der Waals surface area contributed by atoms with Crippen LogP contribution in [0.1, 0.15) is 47.5 Å². The summed E-state index contributed by atoms with van der Waals surface area (Å²) in [6, 6.07) is 0.967. The molecule has 7 heteroatoms. The summed E-state index contributed by atoms with van der Waals surface area (Å²) in [5.74, 6) is -0.323. The quantitative estimate of drug-likeness (QED) is 0.905. The van der Waals surface area contributed by atoms with Crippen molar-refractivity contribution in [2.45, 2.75) is 51.1 Å². The molecule has 1 N–H and O–H groups in total. The van der Waals surface area contributed by atoms with Crippen molar-refractivity contribution < 1.29 is 19.1 Å². The Balaban J connectivity index is 1.62. The molecule has 2 aromatic heterocycles. The zero-order valence-electron chi connectivity index (χ0n) is 14.0. The molecule has 3 atom stereocenters. The minimum atomic E-state index is -0.915. The van der Waals surface area contributed by atoms with E-state index in [1.165, 1.54) is 17.6 Å². The molecule has 0 spiro atoms. The van der Waals surface area contributed by atoms with Gasteiger partial charge in [0.05, 0.1) is 10.6 Å². The lowest BCUT2D eigenvalue weighted by Gasteiger charge is -2.32. The van der Waals surface area contributed by atoms with Gasteiger partial charge in [0, 0.05) is 11.4 Å². The lowest BCUT2D eigenvalue weighted by atomic mass is 9.84. The van der Waals surface area contributed by atoms with E-state index in [0.717, 1.165) is 30.7 Å². The minimum Gasteiger partial charge on any atom is -0.480 e. The molecule has 6 nitrogen and oxygen atoms in total. The van der Waals surface area contributed by atoms with Crippen molar-refractivity contribution in [1.29, 1.82) is 0 Å². The third-order valence-corrected chi connectivity index (χ3v) is 6.10. The standard InChI is InChI=1S/C18H20N2O4S/c1-10-19-13(9-25-10)16-7-12(8-24-16)17(21)20-14-5-3-2-4-11(14)6-15(20)18(22)23/h7-9,11,14-15H,2-6H2,1H3,(H,22,23)/t11-,14+,15-/m0/s1. The number of amides is 1. The van der Waals surface area contributed by atoms with E-state index in [1.807, 2.05) is 12.3 Å². The van der Waals surface area contributed by atoms with E-state index < -0.39 is 12.0 Å². The third-order valence-electron chi connectivity index (χ3n) is 5.33. The van der Waals surface area contributed by atoms with Gasteiger partial charge in [-0.1, -0.05) is 12.8 Å². The van der Waals surface area contributed by atoms with Crippen molar-refractivity contribution in [2.75, 3.05) is 0 Å². The Bertz CT molecular complexity index is 812. The number of aromatic nitrogens is 1. The zero-order valence-corrected chi connectivity index (χ0v) is 14.8. The summed E-state index contributed by atoms with van der Waals surface area (Å²) in [5, 5.41) is 12.4. The molecule has 0 unspecified atom stereocenters. The fraction of sp³-hybridized carbons (Fsp3) is 0.500. The second-order valence-corrected chi connectivity index (χ2v) is 7.93. The van der Waals surface area contributed by atoms with Crippen LogP contribution in [0.2, 0.25) is 0 Å². The molecule has 2 aliphatic rings. The number of carboxylic acid groups (broad SMARTS) is 1. The lowest BCUT2D eigenvalue weighted by molar-refractivity contribution is -0.141. The summed E-state index contributed by atoms with van der Waals surface area (Å²) in [7, 11) is 0. The van der Waals surface area contributed by atoms with E-state index in [9.17, 15) is 14.7 Å². The maximum atomic E-state index is 13.1. The van der Waals surface area contributed by atoms with Gasteiger partial charge in [0.2, 0.25) is 0 Å². The molecule has 0 bridgehead atoms. The number of aliphatic carboxylic acids is 1. The molecule has 2 aromatic rings. The number of hydrogen-bond donors (Lipinski definition) is 1. The van der Waals surface area contributed by atoms with Crippen LogP contribution in [0.3, 0.4) is 0 Å². The molecule has 25 heavy (non-hydrogen) atoms. The fourth-order valence-electron chi connectivity index (χ4n) is 4.18. The average Bonchev–Trinajstić information content (AvgIpc) is 3.31. The number of likely N-dealkylation sites (tertiary alicyclic amines) is 1. The fourth-order valence-corrected chi connectivity index (χ4v) is 4.78. The average molecular weight is 360 g/mol. The Kier molecular flexibility index (Phi) is 4.11. The van der Waals surface area contributed by atoms with Gasteiger partial charge in [-0.3, -0.25) is 4.79 Å². The number of carboxylic acids is 1. The Labute approximate surface area is 149 Å². The first kappa shape index (κ1) is 16.3. The van der Waals surface area contributed by atoms with Crippen LogP contribution in [-0.4, -0.2) is 39.0 Å². The number of nitrogens with zero attached hydrogens (tertiary/aromatic N) is 2. The Morgan fingerprint density at radius 2 is 2.16 bits per heavy atom. The summed E-state index contributed by atoms with van der Waals surface area (Å²) in [4.78, 5) is 30.7. The number of carbonyl (C=O) groups is 2. The molecule has 0 aromatic carbocycles. The maximum absolute atomic E-state index is 13.1. The number of furan rings is 1. The third kappa shape index (κ3) is 2.86. The van der Waals surface area contributed by atoms with Crippen LogP contribution in [0.15, 0.2) is 22.1 Å². The highest BCUT2D eigenvalue weighted by Crippen LogP contribution is 2.40. The van der Waals surface area contributed by atoms with Crippen LogP contribution in [0, 0.1) is 12.8 Å². The first-order valence-electron chi connectivity index (χ1n) is 8.61. The van der Waals surface area contributed by atoms with Gasteiger partial charge < -0.3 is 14.4 Å². The smallest absolute Gasteiger partial charge is 0.326 e. The van der Waals surface area contributed by atoms with Crippen LogP contribution in [0.25, 0.3) is 11.5 Å². The van der Waals surface area contributed by atoms with E-state index in [1.54, 1.807) is 11.0 Å². The monoisotopic (exact) mass is 360 g/mol. The highest BCUT2D eigenvalue weighted by atomic mass is 32.1. The van der Waals surface area contributed by atoms with Gasteiger partial charge in [-0.15, -0.1) is 11.3 Å². The van der Waals surface area contributed by atoms with Crippen LogP contribution in [0.4, 0.5) is 0 Å².